The van der Waals surface area contributed by atoms with Crippen molar-refractivity contribution in [1.82, 2.24) is 9.78 Å². The number of hydrogen-bond acceptors (Lipinski definition) is 3. The van der Waals surface area contributed by atoms with Crippen LogP contribution in [0.5, 0.6) is 0 Å². The van der Waals surface area contributed by atoms with Gasteiger partial charge in [0.05, 0.1) is 23.9 Å². The van der Waals surface area contributed by atoms with Gasteiger partial charge in [-0.25, -0.2) is 0 Å². The molecule has 1 aromatic heterocycles. The first-order valence-corrected chi connectivity index (χ1v) is 6.90. The molecule has 1 aliphatic heterocycles. The van der Waals surface area contributed by atoms with E-state index < -0.39 is 0 Å². The maximum absolute atomic E-state index is 9.06. The van der Waals surface area contributed by atoms with Crippen molar-refractivity contribution in [2.24, 2.45) is 0 Å². The van der Waals surface area contributed by atoms with Crippen LogP contribution in [0.2, 0.25) is 0 Å². The molecule has 1 aliphatic rings. The summed E-state index contributed by atoms with van der Waals surface area (Å²) in [6.45, 7) is 3.62. The highest BCUT2D eigenvalue weighted by Gasteiger charge is 2.16. The Morgan fingerprint density at radius 2 is 2.05 bits per heavy atom. The van der Waals surface area contributed by atoms with Gasteiger partial charge in [0.25, 0.3) is 0 Å². The summed E-state index contributed by atoms with van der Waals surface area (Å²) in [4.78, 5) is 0. The van der Waals surface area contributed by atoms with Crippen molar-refractivity contribution in [2.45, 2.75) is 25.8 Å². The smallest absolute Gasteiger partial charge is 0.0991 e. The third kappa shape index (κ3) is 2.59. The normalized spacial score (nSPS) is 16.0. The van der Waals surface area contributed by atoms with E-state index in [2.05, 4.69) is 23.4 Å². The molecular weight excluding hydrogens is 250 g/mol. The number of nitrogens with zero attached hydrogens (tertiary/aromatic N) is 3. The van der Waals surface area contributed by atoms with Crippen molar-refractivity contribution in [2.75, 3.05) is 13.2 Å². The van der Waals surface area contributed by atoms with Gasteiger partial charge in [-0.2, -0.15) is 10.4 Å². The highest BCUT2D eigenvalue weighted by molar-refractivity contribution is 5.64. The fourth-order valence-electron chi connectivity index (χ4n) is 2.65. The van der Waals surface area contributed by atoms with Crippen LogP contribution in [-0.4, -0.2) is 23.0 Å². The van der Waals surface area contributed by atoms with Gasteiger partial charge in [-0.05, 0) is 43.0 Å². The van der Waals surface area contributed by atoms with Crippen LogP contribution in [0.15, 0.2) is 30.6 Å². The molecule has 0 unspecified atom stereocenters. The quantitative estimate of drug-likeness (QED) is 0.840. The van der Waals surface area contributed by atoms with Crippen molar-refractivity contribution < 1.29 is 4.74 Å². The van der Waals surface area contributed by atoms with Crippen molar-refractivity contribution >= 4 is 0 Å². The largest absolute Gasteiger partial charge is 0.381 e. The molecule has 0 atom stereocenters. The molecule has 1 fully saturated rings. The maximum atomic E-state index is 9.06. The zero-order valence-corrected chi connectivity index (χ0v) is 11.5. The number of hydrogen-bond donors (Lipinski definition) is 0. The molecule has 0 aliphatic carbocycles. The average molecular weight is 267 g/mol. The van der Waals surface area contributed by atoms with Gasteiger partial charge in [0, 0.05) is 25.0 Å². The van der Waals surface area contributed by atoms with Crippen LogP contribution in [0.25, 0.3) is 11.1 Å². The van der Waals surface area contributed by atoms with E-state index in [9.17, 15) is 0 Å². The van der Waals surface area contributed by atoms with Gasteiger partial charge >= 0.3 is 0 Å². The first kappa shape index (κ1) is 12.9. The number of aryl methyl sites for hydroxylation is 1. The molecule has 0 amide bonds. The lowest BCUT2D eigenvalue weighted by Crippen LogP contribution is -2.19. The first-order chi connectivity index (χ1) is 9.76. The Kier molecular flexibility index (Phi) is 3.53. The molecule has 2 aromatic rings. The van der Waals surface area contributed by atoms with Crippen LogP contribution >= 0.6 is 0 Å². The summed E-state index contributed by atoms with van der Waals surface area (Å²) in [5.41, 5.74) is 3.91. The molecule has 4 heteroatoms. The van der Waals surface area contributed by atoms with Gasteiger partial charge in [0.15, 0.2) is 0 Å². The van der Waals surface area contributed by atoms with E-state index in [0.717, 1.165) is 42.7 Å². The summed E-state index contributed by atoms with van der Waals surface area (Å²) in [7, 11) is 0. The predicted molar refractivity (Wildman–Crippen MR) is 76.2 cm³/mol. The van der Waals surface area contributed by atoms with Gasteiger partial charge in [-0.1, -0.05) is 6.07 Å². The molecule has 0 N–H and O–H groups in total. The summed E-state index contributed by atoms with van der Waals surface area (Å²) in [5, 5.41) is 13.5. The van der Waals surface area contributed by atoms with Crippen LogP contribution in [0.4, 0.5) is 0 Å². The van der Waals surface area contributed by atoms with Gasteiger partial charge < -0.3 is 4.74 Å². The Balaban J connectivity index is 1.90. The summed E-state index contributed by atoms with van der Waals surface area (Å²) < 4.78 is 7.42. The maximum Gasteiger partial charge on any atom is 0.0991 e. The Hall–Kier alpha value is -2.12. The van der Waals surface area contributed by atoms with Crippen LogP contribution in [0.3, 0.4) is 0 Å². The van der Waals surface area contributed by atoms with Crippen molar-refractivity contribution in [3.8, 4) is 17.2 Å². The number of nitriles is 1. The lowest BCUT2D eigenvalue weighted by atomic mass is 10.0. The lowest BCUT2D eigenvalue weighted by Gasteiger charge is -2.22. The van der Waals surface area contributed by atoms with Gasteiger partial charge in [0.1, 0.15) is 0 Å². The number of rotatable bonds is 2. The molecule has 1 saturated heterocycles. The molecule has 3 rings (SSSR count). The molecule has 2 heterocycles. The molecule has 20 heavy (non-hydrogen) atoms. The van der Waals surface area contributed by atoms with Crippen LogP contribution in [0.1, 0.15) is 30.0 Å². The van der Waals surface area contributed by atoms with Gasteiger partial charge in [-0.3, -0.25) is 4.68 Å². The van der Waals surface area contributed by atoms with E-state index in [1.54, 1.807) is 0 Å². The summed E-state index contributed by atoms with van der Waals surface area (Å²) in [5.74, 6) is 0. The Bertz CT molecular complexity index is 648. The zero-order valence-electron chi connectivity index (χ0n) is 11.5. The monoisotopic (exact) mass is 267 g/mol. The number of benzene rings is 1. The van der Waals surface area contributed by atoms with Crippen molar-refractivity contribution in [1.29, 1.82) is 5.26 Å². The number of ether oxygens (including phenoxy) is 1. The van der Waals surface area contributed by atoms with Crippen molar-refractivity contribution in [3.63, 3.8) is 0 Å². The second-order valence-electron chi connectivity index (χ2n) is 5.25. The van der Waals surface area contributed by atoms with E-state index in [4.69, 9.17) is 10.00 Å². The topological polar surface area (TPSA) is 50.8 Å². The van der Waals surface area contributed by atoms with Crippen molar-refractivity contribution in [3.05, 3.63) is 41.7 Å². The van der Waals surface area contributed by atoms with Gasteiger partial charge in [0.2, 0.25) is 0 Å². The second-order valence-corrected chi connectivity index (χ2v) is 5.25. The first-order valence-electron chi connectivity index (χ1n) is 6.90. The van der Waals surface area contributed by atoms with E-state index in [1.807, 2.05) is 29.9 Å². The fourth-order valence-corrected chi connectivity index (χ4v) is 2.65. The summed E-state index contributed by atoms with van der Waals surface area (Å²) >= 11 is 0. The fraction of sp³-hybridized carbons (Fsp3) is 0.375. The third-order valence-electron chi connectivity index (χ3n) is 3.71. The van der Waals surface area contributed by atoms with Crippen LogP contribution in [-0.2, 0) is 4.74 Å². The SMILES string of the molecule is Cc1cc(C#N)cc(-c2cnn(C3CCOCC3)c2)c1. The molecule has 0 radical (unpaired) electrons. The molecular formula is C16H17N3O. The van der Waals surface area contributed by atoms with Crippen LogP contribution < -0.4 is 0 Å². The average Bonchev–Trinajstić information content (AvgIpc) is 2.97. The molecule has 102 valence electrons. The second kappa shape index (κ2) is 5.48. The predicted octanol–water partition coefficient (Wildman–Crippen LogP) is 3.08. The highest BCUT2D eigenvalue weighted by Crippen LogP contribution is 2.25. The van der Waals surface area contributed by atoms with Crippen LogP contribution in [0, 0.1) is 18.3 Å². The van der Waals surface area contributed by atoms with E-state index in [-0.39, 0.29) is 0 Å². The minimum Gasteiger partial charge on any atom is -0.381 e. The summed E-state index contributed by atoms with van der Waals surface area (Å²) in [6.07, 6.45) is 5.98. The number of aromatic nitrogens is 2. The third-order valence-corrected chi connectivity index (χ3v) is 3.71. The minimum absolute atomic E-state index is 0.428. The van der Waals surface area contributed by atoms with E-state index >= 15 is 0 Å². The molecule has 0 bridgehead atoms. The Morgan fingerprint density at radius 1 is 1.25 bits per heavy atom. The van der Waals surface area contributed by atoms with E-state index in [0.29, 0.717) is 11.6 Å². The molecule has 0 spiro atoms. The lowest BCUT2D eigenvalue weighted by molar-refractivity contribution is 0.0662. The zero-order chi connectivity index (χ0) is 13.9. The Labute approximate surface area is 118 Å². The minimum atomic E-state index is 0.428. The molecule has 1 aromatic carbocycles. The molecule has 4 nitrogen and oxygen atoms in total. The van der Waals surface area contributed by atoms with Gasteiger partial charge in [-0.15, -0.1) is 0 Å². The standard InChI is InChI=1S/C16H17N3O/c1-12-6-13(9-17)8-14(7-12)15-10-18-19(11-15)16-2-4-20-5-3-16/h6-8,10-11,16H,2-5H2,1H3. The molecule has 0 saturated carbocycles. The summed E-state index contributed by atoms with van der Waals surface area (Å²) in [6, 6.07) is 8.53. The highest BCUT2D eigenvalue weighted by atomic mass is 16.5. The van der Waals surface area contributed by atoms with E-state index in [1.165, 1.54) is 0 Å². The Morgan fingerprint density at radius 3 is 2.80 bits per heavy atom.